The quantitative estimate of drug-likeness (QED) is 0.404. The number of nitrogens with zero attached hydrogens (tertiary/aromatic N) is 3. The number of aromatic nitrogens is 1. The molecule has 1 aromatic heterocycles. The summed E-state index contributed by atoms with van der Waals surface area (Å²) < 4.78 is 0. The average Bonchev–Trinajstić information content (AvgIpc) is 2.45. The van der Waals surface area contributed by atoms with Gasteiger partial charge in [-0.05, 0) is 6.07 Å². The standard InChI is InChI=1S/C13H7N3O4/c17-15(18)10-5-1-4-9-12(10)11(16(19)20)7-8-3-2-6-14-13(8)9/h1-7H. The highest BCUT2D eigenvalue weighted by atomic mass is 16.6. The van der Waals surface area contributed by atoms with E-state index in [-0.39, 0.29) is 16.8 Å². The molecule has 0 radical (unpaired) electrons. The molecule has 0 spiro atoms. The number of hydrogen-bond donors (Lipinski definition) is 0. The van der Waals surface area contributed by atoms with Gasteiger partial charge in [-0.1, -0.05) is 18.2 Å². The van der Waals surface area contributed by atoms with Crippen molar-refractivity contribution in [1.82, 2.24) is 4.98 Å². The van der Waals surface area contributed by atoms with Crippen molar-refractivity contribution in [3.8, 4) is 0 Å². The van der Waals surface area contributed by atoms with Crippen LogP contribution in [0.1, 0.15) is 0 Å². The molecule has 0 aliphatic rings. The number of rotatable bonds is 2. The second kappa shape index (κ2) is 4.23. The predicted molar refractivity (Wildman–Crippen MR) is 72.6 cm³/mol. The molecule has 0 unspecified atom stereocenters. The summed E-state index contributed by atoms with van der Waals surface area (Å²) in [6.45, 7) is 0. The van der Waals surface area contributed by atoms with Crippen LogP contribution in [0.3, 0.4) is 0 Å². The molecule has 0 saturated heterocycles. The monoisotopic (exact) mass is 269 g/mol. The normalized spacial score (nSPS) is 10.8. The van der Waals surface area contributed by atoms with E-state index in [4.69, 9.17) is 0 Å². The van der Waals surface area contributed by atoms with Gasteiger partial charge < -0.3 is 0 Å². The average molecular weight is 269 g/mol. The van der Waals surface area contributed by atoms with Crippen LogP contribution >= 0.6 is 0 Å². The minimum absolute atomic E-state index is 0.00806. The summed E-state index contributed by atoms with van der Waals surface area (Å²) >= 11 is 0. The van der Waals surface area contributed by atoms with Crippen molar-refractivity contribution in [3.05, 3.63) is 62.8 Å². The lowest BCUT2D eigenvalue weighted by atomic mass is 10.0. The van der Waals surface area contributed by atoms with E-state index in [1.165, 1.54) is 18.2 Å². The Kier molecular flexibility index (Phi) is 2.53. The maximum Gasteiger partial charge on any atom is 0.284 e. The maximum atomic E-state index is 11.2. The molecule has 98 valence electrons. The van der Waals surface area contributed by atoms with Crippen LogP contribution in [-0.2, 0) is 0 Å². The second-order valence-corrected chi connectivity index (χ2v) is 4.18. The molecule has 7 heteroatoms. The summed E-state index contributed by atoms with van der Waals surface area (Å²) in [5, 5.41) is 23.3. The third-order valence-electron chi connectivity index (χ3n) is 3.08. The molecule has 0 saturated carbocycles. The first kappa shape index (κ1) is 12.0. The molecule has 7 nitrogen and oxygen atoms in total. The van der Waals surface area contributed by atoms with Crippen molar-refractivity contribution in [2.75, 3.05) is 0 Å². The van der Waals surface area contributed by atoms with Crippen molar-refractivity contribution < 1.29 is 9.85 Å². The van der Waals surface area contributed by atoms with E-state index >= 15 is 0 Å². The van der Waals surface area contributed by atoms with Gasteiger partial charge in [0.05, 0.1) is 15.4 Å². The van der Waals surface area contributed by atoms with Gasteiger partial charge in [-0.15, -0.1) is 0 Å². The molecule has 3 aromatic rings. The molecular weight excluding hydrogens is 262 g/mol. The zero-order chi connectivity index (χ0) is 14.3. The molecule has 1 heterocycles. The molecule has 0 aliphatic heterocycles. The zero-order valence-electron chi connectivity index (χ0n) is 10.0. The van der Waals surface area contributed by atoms with Crippen LogP contribution in [0.5, 0.6) is 0 Å². The largest absolute Gasteiger partial charge is 0.284 e. The zero-order valence-corrected chi connectivity index (χ0v) is 10.0. The van der Waals surface area contributed by atoms with E-state index in [0.717, 1.165) is 0 Å². The van der Waals surface area contributed by atoms with Gasteiger partial charge in [-0.25, -0.2) is 0 Å². The van der Waals surface area contributed by atoms with Gasteiger partial charge in [-0.3, -0.25) is 25.2 Å². The molecule has 0 aliphatic carbocycles. The van der Waals surface area contributed by atoms with Crippen molar-refractivity contribution in [1.29, 1.82) is 0 Å². The van der Waals surface area contributed by atoms with E-state index in [1.54, 1.807) is 24.4 Å². The van der Waals surface area contributed by atoms with Gasteiger partial charge in [0, 0.05) is 29.1 Å². The predicted octanol–water partition coefficient (Wildman–Crippen LogP) is 3.20. The van der Waals surface area contributed by atoms with Crippen molar-refractivity contribution in [2.45, 2.75) is 0 Å². The van der Waals surface area contributed by atoms with Gasteiger partial charge in [-0.2, -0.15) is 0 Å². The summed E-state index contributed by atoms with van der Waals surface area (Å²) in [6, 6.07) is 9.02. The van der Waals surface area contributed by atoms with Crippen LogP contribution in [0, 0.1) is 20.2 Å². The number of fused-ring (bicyclic) bond motifs is 3. The first-order valence-corrected chi connectivity index (χ1v) is 5.69. The fourth-order valence-electron chi connectivity index (χ4n) is 2.28. The number of pyridine rings is 1. The van der Waals surface area contributed by atoms with Gasteiger partial charge in [0.2, 0.25) is 0 Å². The molecule has 0 atom stereocenters. The summed E-state index contributed by atoms with van der Waals surface area (Å²) in [6.07, 6.45) is 1.55. The van der Waals surface area contributed by atoms with E-state index in [1.807, 2.05) is 0 Å². The molecule has 0 N–H and O–H groups in total. The Labute approximate surface area is 111 Å². The SMILES string of the molecule is O=[N+]([O-])c1cccc2c1c([N+](=O)[O-])cc1cccnc12. The highest BCUT2D eigenvalue weighted by Gasteiger charge is 2.24. The number of nitro groups is 2. The van der Waals surface area contributed by atoms with Crippen molar-refractivity contribution in [3.63, 3.8) is 0 Å². The van der Waals surface area contributed by atoms with Gasteiger partial charge in [0.1, 0.15) is 5.39 Å². The number of nitro benzene ring substituents is 2. The molecule has 2 aromatic carbocycles. The van der Waals surface area contributed by atoms with Crippen LogP contribution in [-0.4, -0.2) is 14.8 Å². The van der Waals surface area contributed by atoms with Gasteiger partial charge in [0.25, 0.3) is 11.4 Å². The van der Waals surface area contributed by atoms with Crippen LogP contribution in [0.4, 0.5) is 11.4 Å². The highest BCUT2D eigenvalue weighted by molar-refractivity contribution is 6.12. The summed E-state index contributed by atoms with van der Waals surface area (Å²) in [4.78, 5) is 25.2. The molecule has 0 amide bonds. The number of benzene rings is 2. The smallest absolute Gasteiger partial charge is 0.258 e. The fraction of sp³-hybridized carbons (Fsp3) is 0. The van der Waals surface area contributed by atoms with Crippen LogP contribution in [0.25, 0.3) is 21.7 Å². The molecule has 3 rings (SSSR count). The molecule has 0 bridgehead atoms. The lowest BCUT2D eigenvalue weighted by Crippen LogP contribution is -1.96. The summed E-state index contributed by atoms with van der Waals surface area (Å²) in [5.74, 6) is 0. The lowest BCUT2D eigenvalue weighted by molar-refractivity contribution is -0.390. The minimum atomic E-state index is -0.621. The topological polar surface area (TPSA) is 99.2 Å². The third kappa shape index (κ3) is 1.64. The van der Waals surface area contributed by atoms with E-state index in [9.17, 15) is 20.2 Å². The highest BCUT2D eigenvalue weighted by Crippen LogP contribution is 2.37. The molecule has 0 fully saturated rings. The Morgan fingerprint density at radius 3 is 2.40 bits per heavy atom. The van der Waals surface area contributed by atoms with E-state index in [0.29, 0.717) is 16.3 Å². The fourth-order valence-corrected chi connectivity index (χ4v) is 2.28. The summed E-state index contributed by atoms with van der Waals surface area (Å²) in [7, 11) is 0. The van der Waals surface area contributed by atoms with Crippen molar-refractivity contribution in [2.24, 2.45) is 0 Å². The third-order valence-corrected chi connectivity index (χ3v) is 3.08. The Hall–Kier alpha value is -3.09. The lowest BCUT2D eigenvalue weighted by Gasteiger charge is -2.04. The first-order valence-electron chi connectivity index (χ1n) is 5.69. The number of hydrogen-bond acceptors (Lipinski definition) is 5. The van der Waals surface area contributed by atoms with Crippen LogP contribution < -0.4 is 0 Å². The first-order chi connectivity index (χ1) is 9.59. The van der Waals surface area contributed by atoms with E-state index in [2.05, 4.69) is 4.98 Å². The van der Waals surface area contributed by atoms with Crippen LogP contribution in [0.2, 0.25) is 0 Å². The minimum Gasteiger partial charge on any atom is -0.258 e. The Morgan fingerprint density at radius 1 is 0.950 bits per heavy atom. The van der Waals surface area contributed by atoms with Gasteiger partial charge >= 0.3 is 0 Å². The maximum absolute atomic E-state index is 11.2. The second-order valence-electron chi connectivity index (χ2n) is 4.18. The van der Waals surface area contributed by atoms with Crippen molar-refractivity contribution >= 4 is 33.1 Å². The molecular formula is C13H7N3O4. The Balaban J connectivity index is 2.62. The molecule has 20 heavy (non-hydrogen) atoms. The Bertz CT molecular complexity index is 876. The Morgan fingerprint density at radius 2 is 1.70 bits per heavy atom. The van der Waals surface area contributed by atoms with Gasteiger partial charge in [0.15, 0.2) is 0 Å². The van der Waals surface area contributed by atoms with E-state index < -0.39 is 9.85 Å². The van der Waals surface area contributed by atoms with Crippen LogP contribution in [0.15, 0.2) is 42.6 Å². The number of non-ortho nitro benzene ring substituents is 2. The summed E-state index contributed by atoms with van der Waals surface area (Å²) in [5.41, 5.74) is -0.0636.